The Hall–Kier alpha value is -7.09. The van der Waals surface area contributed by atoms with Gasteiger partial charge in [-0.05, 0) is 74.6 Å². The van der Waals surface area contributed by atoms with Crippen molar-refractivity contribution in [2.75, 3.05) is 6.61 Å². The van der Waals surface area contributed by atoms with Crippen molar-refractivity contribution in [3.05, 3.63) is 119 Å². The van der Waals surface area contributed by atoms with Gasteiger partial charge in [0.05, 0.1) is 35.6 Å². The Labute approximate surface area is 459 Å². The van der Waals surface area contributed by atoms with Crippen LogP contribution in [0.3, 0.4) is 0 Å². The van der Waals surface area contributed by atoms with Gasteiger partial charge >= 0.3 is 29.8 Å². The lowest BCUT2D eigenvalue weighted by molar-refractivity contribution is -0.346. The van der Waals surface area contributed by atoms with Crippen LogP contribution in [-0.4, -0.2) is 124 Å². The molecule has 19 nitrogen and oxygen atoms in total. The summed E-state index contributed by atoms with van der Waals surface area (Å²) >= 11 is 0. The summed E-state index contributed by atoms with van der Waals surface area (Å²) in [5.41, 5.74) is -7.70. The minimum Gasteiger partial charge on any atom is -0.455 e. The van der Waals surface area contributed by atoms with Crippen molar-refractivity contribution in [3.8, 4) is 0 Å². The number of aliphatic hydroxyl groups excluding tert-OH is 1. The van der Waals surface area contributed by atoms with Crippen LogP contribution in [0.4, 0.5) is 0 Å². The van der Waals surface area contributed by atoms with Crippen molar-refractivity contribution in [2.45, 2.75) is 173 Å². The normalized spacial score (nSPS) is 27.7. The molecule has 19 heteroatoms. The first kappa shape index (κ1) is 59.6. The van der Waals surface area contributed by atoms with E-state index in [1.54, 1.807) is 66.7 Å². The minimum absolute atomic E-state index is 0.0271. The first-order chi connectivity index (χ1) is 37.4. The van der Waals surface area contributed by atoms with E-state index in [1.165, 1.54) is 58.9 Å². The van der Waals surface area contributed by atoms with Crippen LogP contribution in [0.2, 0.25) is 0 Å². The first-order valence-electron chi connectivity index (χ1n) is 26.9. The number of hydrogen-bond acceptors (Lipinski definition) is 17. The van der Waals surface area contributed by atoms with E-state index in [-0.39, 0.29) is 53.9 Å². The van der Waals surface area contributed by atoms with E-state index in [1.807, 2.05) is 6.92 Å². The number of ether oxygens (including phenoxy) is 6. The fourth-order valence-electron chi connectivity index (χ4n) is 12.1. The molecule has 1 aliphatic heterocycles. The monoisotopic (exact) mass is 1090 g/mol. The quantitative estimate of drug-likeness (QED) is 0.0405. The summed E-state index contributed by atoms with van der Waals surface area (Å²) in [4.78, 5) is 126. The summed E-state index contributed by atoms with van der Waals surface area (Å²) in [7, 11) is 0. The molecule has 2 saturated carbocycles. The molecule has 2 unspecified atom stereocenters. The molecule has 1 heterocycles. The van der Waals surface area contributed by atoms with Crippen molar-refractivity contribution >= 4 is 53.2 Å². The van der Waals surface area contributed by atoms with Crippen LogP contribution in [0.1, 0.15) is 145 Å². The Balaban J connectivity index is 1.34. The van der Waals surface area contributed by atoms with Gasteiger partial charge in [0.2, 0.25) is 12.0 Å². The van der Waals surface area contributed by atoms with Crippen LogP contribution in [-0.2, 0) is 62.0 Å². The maximum Gasteiger partial charge on any atom is 0.350 e. The molecule has 12 atom stereocenters. The molecule has 0 radical (unpaired) electrons. The van der Waals surface area contributed by atoms with Gasteiger partial charge in [0, 0.05) is 50.5 Å². The lowest BCUT2D eigenvalue weighted by Gasteiger charge is -2.67. The summed E-state index contributed by atoms with van der Waals surface area (Å²) in [5.74, 6) is -8.87. The van der Waals surface area contributed by atoms with E-state index in [4.69, 9.17) is 28.4 Å². The Bertz CT molecular complexity index is 2820. The SMILES string of the molecule is CCCCCC(NC(=O)CCCC(=O)O[C@H](C(=O)O[C@@H]1C[C@]2(O)[C@H](OC(=O)c3ccccc3)[C@@H]3[C@@](C)(C(=O)[C@@H](OC(C)=O)C(=C1C)C2(C)C)[C@H](O)CC1OC[C@@]13OC(C)=O)[C@H](NC(=O)c1ccccc1)c1ccccc1)C(C)=O. The minimum atomic E-state index is -2.50. The molecule has 4 aliphatic rings. The van der Waals surface area contributed by atoms with E-state index in [9.17, 15) is 43.8 Å². The second kappa shape index (κ2) is 24.5. The zero-order valence-electron chi connectivity index (χ0n) is 45.9. The smallest absolute Gasteiger partial charge is 0.350 e. The molecule has 2 amide bonds. The van der Waals surface area contributed by atoms with Crippen molar-refractivity contribution in [2.24, 2.45) is 16.7 Å². The molecule has 4 N–H and O–H groups in total. The lowest BCUT2D eigenvalue weighted by Crippen LogP contribution is -2.82. The Morgan fingerprint density at radius 3 is 1.96 bits per heavy atom. The number of Topliss-reactive ketones (excluding diaryl/α,β-unsaturated/α-hetero) is 2. The lowest BCUT2D eigenvalue weighted by atomic mass is 9.44. The van der Waals surface area contributed by atoms with Gasteiger partial charge in [-0.15, -0.1) is 0 Å². The second-order valence-electron chi connectivity index (χ2n) is 21.9. The number of carbonyl (C=O) groups excluding carboxylic acids is 9. The molecular formula is C60H72N2O17. The number of carbonyl (C=O) groups is 9. The van der Waals surface area contributed by atoms with E-state index in [0.29, 0.717) is 12.0 Å². The predicted octanol–water partition coefficient (Wildman–Crippen LogP) is 6.11. The van der Waals surface area contributed by atoms with E-state index < -0.39 is 137 Å². The standard InChI is InChI=1S/C60H72N2O17/c1-9-10-14-28-41(35(3)63)61-45(67)29-21-30-46(68)77-50(48(38-22-15-11-16-23-38)62-54(70)39-24-17-12-18-25-39)56(72)76-42-32-60(73)53(78-55(71)40-26-19-13-20-27-40)51-58(8,43(66)31-44-59(51,33-74-44)79-37(5)65)52(69)49(75-36(4)64)47(34(42)2)57(60,6)7/h11-13,15-20,22-27,41-44,48-51,53,66,73H,9-10,14,21,28-33H2,1-8H3,(H,61,67)(H,62,70)/t41?,42-,43-,44?,48-,49+,50+,51-,53-,58+,59-,60+/m1/s1. The van der Waals surface area contributed by atoms with Crippen LogP contribution in [0, 0.1) is 16.7 Å². The summed E-state index contributed by atoms with van der Waals surface area (Å²) in [6, 6.07) is 21.8. The third-order valence-corrected chi connectivity index (χ3v) is 16.4. The zero-order valence-corrected chi connectivity index (χ0v) is 45.9. The molecule has 2 bridgehead atoms. The molecule has 3 aromatic carbocycles. The van der Waals surface area contributed by atoms with Crippen LogP contribution in [0.5, 0.6) is 0 Å². The van der Waals surface area contributed by atoms with Gasteiger partial charge < -0.3 is 49.3 Å². The van der Waals surface area contributed by atoms with Gasteiger partial charge in [0.1, 0.15) is 30.0 Å². The molecule has 3 aliphatic carbocycles. The number of esters is 5. The highest BCUT2D eigenvalue weighted by molar-refractivity contribution is 5.96. The number of benzene rings is 3. The van der Waals surface area contributed by atoms with E-state index in [2.05, 4.69) is 10.6 Å². The predicted molar refractivity (Wildman–Crippen MR) is 282 cm³/mol. The van der Waals surface area contributed by atoms with Crippen LogP contribution >= 0.6 is 0 Å². The Morgan fingerprint density at radius 2 is 1.39 bits per heavy atom. The molecule has 79 heavy (non-hydrogen) atoms. The van der Waals surface area contributed by atoms with Gasteiger partial charge in [0.15, 0.2) is 23.3 Å². The van der Waals surface area contributed by atoms with Gasteiger partial charge in [-0.25, -0.2) is 9.59 Å². The fraction of sp³-hybridized carbons (Fsp3) is 0.517. The third-order valence-electron chi connectivity index (χ3n) is 16.4. The Kier molecular flexibility index (Phi) is 18.5. The third kappa shape index (κ3) is 12.1. The van der Waals surface area contributed by atoms with Crippen molar-refractivity contribution in [1.29, 1.82) is 0 Å². The highest BCUT2D eigenvalue weighted by Crippen LogP contribution is 2.64. The number of fused-ring (bicyclic) bond motifs is 5. The van der Waals surface area contributed by atoms with Gasteiger partial charge in [-0.2, -0.15) is 0 Å². The molecule has 7 rings (SSSR count). The molecular weight excluding hydrogens is 1020 g/mol. The number of nitrogens with one attached hydrogen (secondary N) is 2. The van der Waals surface area contributed by atoms with Crippen molar-refractivity contribution < 1.29 is 81.8 Å². The summed E-state index contributed by atoms with van der Waals surface area (Å²) in [6.45, 7) is 11.2. The summed E-state index contributed by atoms with van der Waals surface area (Å²) in [6.07, 6.45) is -8.74. The maximum atomic E-state index is 15.8. The molecule has 0 spiro atoms. The number of rotatable bonds is 21. The number of hydrogen-bond donors (Lipinski definition) is 4. The largest absolute Gasteiger partial charge is 0.455 e. The highest BCUT2D eigenvalue weighted by Gasteiger charge is 2.78. The zero-order chi connectivity index (χ0) is 57.6. The van der Waals surface area contributed by atoms with Crippen molar-refractivity contribution in [3.63, 3.8) is 0 Å². The highest BCUT2D eigenvalue weighted by atomic mass is 16.6. The number of amides is 2. The number of ketones is 2. The molecule has 1 saturated heterocycles. The second-order valence-corrected chi connectivity index (χ2v) is 21.9. The molecule has 3 fully saturated rings. The van der Waals surface area contributed by atoms with Gasteiger partial charge in [-0.1, -0.05) is 107 Å². The molecule has 424 valence electrons. The Morgan fingerprint density at radius 1 is 0.772 bits per heavy atom. The van der Waals surface area contributed by atoms with Gasteiger partial charge in [0.25, 0.3) is 5.91 Å². The average molecular weight is 1090 g/mol. The molecule has 0 aromatic heterocycles. The van der Waals surface area contributed by atoms with E-state index >= 15 is 9.59 Å². The van der Waals surface area contributed by atoms with Crippen molar-refractivity contribution in [1.82, 2.24) is 10.6 Å². The average Bonchev–Trinajstić information content (AvgIpc) is 3.29. The number of unbranched alkanes of at least 4 members (excludes halogenated alkanes) is 2. The van der Waals surface area contributed by atoms with Crippen LogP contribution < -0.4 is 10.6 Å². The number of aliphatic hydroxyl groups is 2. The van der Waals surface area contributed by atoms with Gasteiger partial charge in [-0.3, -0.25) is 33.6 Å². The topological polar surface area (TPSA) is 274 Å². The van der Waals surface area contributed by atoms with Crippen LogP contribution in [0.15, 0.2) is 102 Å². The van der Waals surface area contributed by atoms with E-state index in [0.717, 1.165) is 33.1 Å². The van der Waals surface area contributed by atoms with Crippen LogP contribution in [0.25, 0.3) is 0 Å². The fourth-order valence-corrected chi connectivity index (χ4v) is 12.1. The summed E-state index contributed by atoms with van der Waals surface area (Å²) < 4.78 is 37.0. The summed E-state index contributed by atoms with van der Waals surface area (Å²) in [5, 5.41) is 31.9. The maximum absolute atomic E-state index is 15.8. The molecule has 3 aromatic rings. The first-order valence-corrected chi connectivity index (χ1v) is 26.9.